The lowest BCUT2D eigenvalue weighted by molar-refractivity contribution is -0.290. The Morgan fingerprint density at radius 1 is 1.03 bits per heavy atom. The SMILES string of the molecule is CCc1ccc(Cc2cc([C@]3(COC)O[C@@H](CO)[C@@H](O)[C@H](O)[C@H]3O)ccc2Cl)cc1. The van der Waals surface area contributed by atoms with Crippen molar-refractivity contribution in [3.05, 3.63) is 69.7 Å². The van der Waals surface area contributed by atoms with Gasteiger partial charge in [-0.2, -0.15) is 0 Å². The van der Waals surface area contributed by atoms with Crippen LogP contribution in [0.5, 0.6) is 0 Å². The third-order valence-electron chi connectivity index (χ3n) is 5.79. The molecule has 0 aliphatic carbocycles. The van der Waals surface area contributed by atoms with Gasteiger partial charge in [-0.3, -0.25) is 0 Å². The fourth-order valence-electron chi connectivity index (χ4n) is 3.98. The molecule has 3 rings (SSSR count). The molecule has 1 aliphatic heterocycles. The lowest BCUT2D eigenvalue weighted by Crippen LogP contribution is -2.65. The molecule has 0 spiro atoms. The number of rotatable bonds is 7. The van der Waals surface area contributed by atoms with Gasteiger partial charge in [0.1, 0.15) is 30.0 Å². The van der Waals surface area contributed by atoms with E-state index in [0.717, 1.165) is 17.5 Å². The van der Waals surface area contributed by atoms with Crippen molar-refractivity contribution in [3.8, 4) is 0 Å². The van der Waals surface area contributed by atoms with Gasteiger partial charge in [0.15, 0.2) is 0 Å². The molecule has 2 aromatic carbocycles. The molecule has 2 aromatic rings. The molecule has 1 aliphatic rings. The van der Waals surface area contributed by atoms with Crippen LogP contribution in [0.15, 0.2) is 42.5 Å². The summed E-state index contributed by atoms with van der Waals surface area (Å²) in [5.41, 5.74) is 2.24. The summed E-state index contributed by atoms with van der Waals surface area (Å²) in [7, 11) is 1.45. The van der Waals surface area contributed by atoms with E-state index in [1.165, 1.54) is 12.7 Å². The fourth-order valence-corrected chi connectivity index (χ4v) is 4.16. The van der Waals surface area contributed by atoms with Gasteiger partial charge in [-0.15, -0.1) is 0 Å². The van der Waals surface area contributed by atoms with Crippen molar-refractivity contribution in [2.24, 2.45) is 0 Å². The third kappa shape index (κ3) is 4.41. The van der Waals surface area contributed by atoms with Crippen LogP contribution in [0.4, 0.5) is 0 Å². The lowest BCUT2D eigenvalue weighted by Gasteiger charge is -2.48. The zero-order valence-corrected chi connectivity index (χ0v) is 17.9. The summed E-state index contributed by atoms with van der Waals surface area (Å²) in [6.45, 7) is 1.51. The molecule has 4 N–H and O–H groups in total. The van der Waals surface area contributed by atoms with Crippen molar-refractivity contribution in [2.75, 3.05) is 20.3 Å². The maximum Gasteiger partial charge on any atom is 0.145 e. The topological polar surface area (TPSA) is 99.4 Å². The average Bonchev–Trinajstić information content (AvgIpc) is 2.76. The molecule has 0 bridgehead atoms. The van der Waals surface area contributed by atoms with Crippen molar-refractivity contribution in [1.29, 1.82) is 0 Å². The largest absolute Gasteiger partial charge is 0.394 e. The van der Waals surface area contributed by atoms with E-state index < -0.39 is 36.6 Å². The van der Waals surface area contributed by atoms with Gasteiger partial charge in [0.2, 0.25) is 0 Å². The maximum atomic E-state index is 10.8. The van der Waals surface area contributed by atoms with Gasteiger partial charge in [0, 0.05) is 12.1 Å². The van der Waals surface area contributed by atoms with Crippen LogP contribution in [-0.2, 0) is 27.9 Å². The Morgan fingerprint density at radius 2 is 1.70 bits per heavy atom. The van der Waals surface area contributed by atoms with Gasteiger partial charge >= 0.3 is 0 Å². The van der Waals surface area contributed by atoms with E-state index in [9.17, 15) is 20.4 Å². The summed E-state index contributed by atoms with van der Waals surface area (Å²) in [5, 5.41) is 41.6. The second-order valence-electron chi connectivity index (χ2n) is 7.74. The van der Waals surface area contributed by atoms with Crippen LogP contribution in [0.25, 0.3) is 0 Å². The predicted octanol–water partition coefficient (Wildman–Crippen LogP) is 1.81. The van der Waals surface area contributed by atoms with Crippen LogP contribution in [0.3, 0.4) is 0 Å². The lowest BCUT2D eigenvalue weighted by atomic mass is 9.79. The summed E-state index contributed by atoms with van der Waals surface area (Å²) in [4.78, 5) is 0. The number of halogens is 1. The Kier molecular flexibility index (Phi) is 7.52. The number of hydrogen-bond acceptors (Lipinski definition) is 6. The molecule has 0 radical (unpaired) electrons. The van der Waals surface area contributed by atoms with Gasteiger partial charge in [0.05, 0.1) is 13.2 Å². The summed E-state index contributed by atoms with van der Waals surface area (Å²) >= 11 is 6.45. The van der Waals surface area contributed by atoms with E-state index in [1.54, 1.807) is 12.1 Å². The molecule has 1 heterocycles. The van der Waals surface area contributed by atoms with E-state index in [1.807, 2.05) is 6.07 Å². The monoisotopic (exact) mass is 436 g/mol. The Labute approximate surface area is 181 Å². The first-order valence-corrected chi connectivity index (χ1v) is 10.4. The highest BCUT2D eigenvalue weighted by molar-refractivity contribution is 6.31. The van der Waals surface area contributed by atoms with Gasteiger partial charge < -0.3 is 29.9 Å². The van der Waals surface area contributed by atoms with Crippen molar-refractivity contribution in [3.63, 3.8) is 0 Å². The van der Waals surface area contributed by atoms with Gasteiger partial charge in [-0.1, -0.05) is 54.9 Å². The third-order valence-corrected chi connectivity index (χ3v) is 6.16. The molecule has 6 nitrogen and oxygen atoms in total. The Morgan fingerprint density at radius 3 is 2.30 bits per heavy atom. The second kappa shape index (κ2) is 9.75. The summed E-state index contributed by atoms with van der Waals surface area (Å²) in [5.74, 6) is 0. The Hall–Kier alpha value is -1.51. The number of aliphatic hydroxyl groups excluding tert-OH is 4. The van der Waals surface area contributed by atoms with Crippen LogP contribution >= 0.6 is 11.6 Å². The molecular formula is C23H29ClO6. The van der Waals surface area contributed by atoms with E-state index in [4.69, 9.17) is 21.1 Å². The van der Waals surface area contributed by atoms with Crippen molar-refractivity contribution < 1.29 is 29.9 Å². The highest BCUT2D eigenvalue weighted by Gasteiger charge is 2.54. The van der Waals surface area contributed by atoms with Crippen LogP contribution in [0.2, 0.25) is 5.02 Å². The van der Waals surface area contributed by atoms with Crippen LogP contribution < -0.4 is 0 Å². The molecule has 1 saturated heterocycles. The first kappa shape index (κ1) is 23.2. The number of aliphatic hydroxyl groups is 4. The van der Waals surface area contributed by atoms with E-state index in [0.29, 0.717) is 17.0 Å². The van der Waals surface area contributed by atoms with Crippen molar-refractivity contribution in [1.82, 2.24) is 0 Å². The van der Waals surface area contributed by atoms with Crippen LogP contribution in [0, 0.1) is 0 Å². The first-order valence-electron chi connectivity index (χ1n) is 10.0. The number of benzene rings is 2. The minimum atomic E-state index is -1.51. The standard InChI is InChI=1S/C23H29ClO6/c1-3-14-4-6-15(7-5-14)10-16-11-17(8-9-18(16)24)23(13-29-2)22(28)21(27)20(26)19(12-25)30-23/h4-9,11,19-22,25-28H,3,10,12-13H2,1-2H3/t19-,20+,21-,22+,23-/m0/s1. The van der Waals surface area contributed by atoms with E-state index in [-0.39, 0.29) is 6.61 Å². The second-order valence-corrected chi connectivity index (χ2v) is 8.15. The zero-order valence-electron chi connectivity index (χ0n) is 17.2. The van der Waals surface area contributed by atoms with Crippen LogP contribution in [-0.4, -0.2) is 65.2 Å². The minimum absolute atomic E-state index is 0.0826. The summed E-state index contributed by atoms with van der Waals surface area (Å²) in [6, 6.07) is 13.5. The molecule has 0 saturated carbocycles. The zero-order chi connectivity index (χ0) is 21.9. The number of aryl methyl sites for hydroxylation is 1. The quantitative estimate of drug-likeness (QED) is 0.528. The fraction of sp³-hybridized carbons (Fsp3) is 0.478. The smallest absolute Gasteiger partial charge is 0.145 e. The summed E-state index contributed by atoms with van der Waals surface area (Å²) in [6.07, 6.45) is -3.92. The number of methoxy groups -OCH3 is 1. The van der Waals surface area contributed by atoms with Gasteiger partial charge in [-0.25, -0.2) is 0 Å². The molecule has 5 atom stereocenters. The van der Waals surface area contributed by atoms with Crippen LogP contribution in [0.1, 0.15) is 29.2 Å². The van der Waals surface area contributed by atoms with Gasteiger partial charge in [0.25, 0.3) is 0 Å². The van der Waals surface area contributed by atoms with Gasteiger partial charge in [-0.05, 0) is 41.2 Å². The molecule has 7 heteroatoms. The number of hydrogen-bond donors (Lipinski definition) is 4. The molecule has 30 heavy (non-hydrogen) atoms. The molecule has 0 aromatic heterocycles. The minimum Gasteiger partial charge on any atom is -0.394 e. The molecule has 1 fully saturated rings. The van der Waals surface area contributed by atoms with E-state index in [2.05, 4.69) is 31.2 Å². The predicted molar refractivity (Wildman–Crippen MR) is 114 cm³/mol. The normalized spacial score (nSPS) is 29.2. The maximum absolute atomic E-state index is 10.8. The summed E-state index contributed by atoms with van der Waals surface area (Å²) < 4.78 is 11.2. The molecule has 164 valence electrons. The Balaban J connectivity index is 1.99. The molecular weight excluding hydrogens is 408 g/mol. The highest BCUT2D eigenvalue weighted by atomic mass is 35.5. The Bertz CT molecular complexity index is 840. The van der Waals surface area contributed by atoms with Crippen molar-refractivity contribution >= 4 is 11.6 Å². The first-order chi connectivity index (χ1) is 14.4. The average molecular weight is 437 g/mol. The highest BCUT2D eigenvalue weighted by Crippen LogP contribution is 2.40. The molecule has 0 unspecified atom stereocenters. The van der Waals surface area contributed by atoms with Crippen molar-refractivity contribution in [2.45, 2.75) is 49.8 Å². The number of ether oxygens (including phenoxy) is 2. The van der Waals surface area contributed by atoms with E-state index >= 15 is 0 Å². The molecule has 0 amide bonds.